The van der Waals surface area contributed by atoms with E-state index < -0.39 is 6.04 Å². The molecule has 0 aromatic heterocycles. The molecule has 0 saturated heterocycles. The van der Waals surface area contributed by atoms with E-state index in [1.807, 2.05) is 18.2 Å². The van der Waals surface area contributed by atoms with Gasteiger partial charge in [-0.1, -0.05) is 12.1 Å². The molecule has 2 N–H and O–H groups in total. The van der Waals surface area contributed by atoms with Crippen LogP contribution in [0.25, 0.3) is 0 Å². The second kappa shape index (κ2) is 10.5. The number of carbonyl (C=O) groups excluding carboxylic acids is 1. The van der Waals surface area contributed by atoms with Crippen LogP contribution in [0.5, 0.6) is 5.75 Å². The van der Waals surface area contributed by atoms with Crippen LogP contribution in [0.15, 0.2) is 24.3 Å². The van der Waals surface area contributed by atoms with Gasteiger partial charge in [-0.3, -0.25) is 4.79 Å². The topological polar surface area (TPSA) is 61.5 Å². The van der Waals surface area contributed by atoms with Crippen LogP contribution < -0.4 is 10.5 Å². The van der Waals surface area contributed by atoms with Gasteiger partial charge in [-0.15, -0.1) is 0 Å². The number of aryl methyl sites for hydroxylation is 1. The normalized spacial score (nSPS) is 12.0. The third-order valence-electron chi connectivity index (χ3n) is 2.85. The van der Waals surface area contributed by atoms with E-state index in [1.54, 1.807) is 18.7 Å². The molecule has 5 heteroatoms. The number of benzene rings is 1. The molecule has 0 aliphatic carbocycles. The Hall–Kier alpha value is -1.20. The number of ether oxygens (including phenoxy) is 2. The average Bonchev–Trinajstić information content (AvgIpc) is 2.46. The highest BCUT2D eigenvalue weighted by atomic mass is 32.2. The standard InChI is InChI=1S/C16H25NO3S/c1-3-19-16(18)15(17)8-11-21-10-5-9-20-14-7-4-6-13(2)12-14/h4,6-7,12,15H,3,5,8-11,17H2,1-2H3. The van der Waals surface area contributed by atoms with Gasteiger partial charge < -0.3 is 15.2 Å². The summed E-state index contributed by atoms with van der Waals surface area (Å²) >= 11 is 1.79. The molecule has 118 valence electrons. The predicted molar refractivity (Wildman–Crippen MR) is 87.8 cm³/mol. The van der Waals surface area contributed by atoms with Crippen LogP contribution in [-0.2, 0) is 9.53 Å². The van der Waals surface area contributed by atoms with E-state index in [1.165, 1.54) is 5.56 Å². The third kappa shape index (κ3) is 7.97. The lowest BCUT2D eigenvalue weighted by molar-refractivity contribution is -0.144. The number of hydrogen-bond donors (Lipinski definition) is 1. The quantitative estimate of drug-likeness (QED) is 0.532. The Morgan fingerprint density at radius 2 is 2.19 bits per heavy atom. The van der Waals surface area contributed by atoms with Crippen molar-refractivity contribution in [2.75, 3.05) is 24.7 Å². The lowest BCUT2D eigenvalue weighted by Gasteiger charge is -2.10. The minimum absolute atomic E-state index is 0.305. The molecule has 1 atom stereocenters. The number of rotatable bonds is 10. The van der Waals surface area contributed by atoms with Crippen molar-refractivity contribution in [1.29, 1.82) is 0 Å². The second-order valence-electron chi connectivity index (χ2n) is 4.78. The van der Waals surface area contributed by atoms with Crippen molar-refractivity contribution < 1.29 is 14.3 Å². The fraction of sp³-hybridized carbons (Fsp3) is 0.562. The molecule has 1 rings (SSSR count). The zero-order valence-electron chi connectivity index (χ0n) is 12.8. The molecule has 0 aliphatic heterocycles. The minimum atomic E-state index is -0.499. The molecule has 1 aromatic rings. The summed E-state index contributed by atoms with van der Waals surface area (Å²) in [5.41, 5.74) is 6.93. The average molecular weight is 311 g/mol. The molecule has 0 aliphatic rings. The number of thioether (sulfide) groups is 1. The molecule has 1 unspecified atom stereocenters. The van der Waals surface area contributed by atoms with Gasteiger partial charge >= 0.3 is 5.97 Å². The van der Waals surface area contributed by atoms with Crippen molar-refractivity contribution in [3.05, 3.63) is 29.8 Å². The summed E-state index contributed by atoms with van der Waals surface area (Å²) in [5.74, 6) is 2.48. The van der Waals surface area contributed by atoms with Crippen LogP contribution in [0.3, 0.4) is 0 Å². The predicted octanol–water partition coefficient (Wildman–Crippen LogP) is 2.78. The van der Waals surface area contributed by atoms with Gasteiger partial charge in [0.15, 0.2) is 0 Å². The summed E-state index contributed by atoms with van der Waals surface area (Å²) < 4.78 is 10.5. The van der Waals surface area contributed by atoms with Crippen molar-refractivity contribution >= 4 is 17.7 Å². The molecular formula is C16H25NO3S. The Balaban J connectivity index is 2.01. The molecule has 0 saturated carbocycles. The first-order valence-corrected chi connectivity index (χ1v) is 8.48. The molecule has 21 heavy (non-hydrogen) atoms. The summed E-state index contributed by atoms with van der Waals surface area (Å²) in [6.07, 6.45) is 1.63. The van der Waals surface area contributed by atoms with Crippen molar-refractivity contribution in [2.24, 2.45) is 5.73 Å². The van der Waals surface area contributed by atoms with E-state index >= 15 is 0 Å². The zero-order chi connectivity index (χ0) is 15.5. The van der Waals surface area contributed by atoms with Gasteiger partial charge in [-0.05, 0) is 55.9 Å². The Morgan fingerprint density at radius 1 is 1.38 bits per heavy atom. The van der Waals surface area contributed by atoms with E-state index in [9.17, 15) is 4.79 Å². The van der Waals surface area contributed by atoms with Crippen LogP contribution in [-0.4, -0.2) is 36.7 Å². The summed E-state index contributed by atoms with van der Waals surface area (Å²) in [6, 6.07) is 7.55. The number of esters is 1. The fourth-order valence-electron chi connectivity index (χ4n) is 1.74. The molecular weight excluding hydrogens is 286 g/mol. The SMILES string of the molecule is CCOC(=O)C(N)CCSCCCOc1cccc(C)c1. The molecule has 0 radical (unpaired) electrons. The number of carbonyl (C=O) groups is 1. The van der Waals surface area contributed by atoms with Gasteiger partial charge in [0.2, 0.25) is 0 Å². The molecule has 0 heterocycles. The highest BCUT2D eigenvalue weighted by Gasteiger charge is 2.13. The van der Waals surface area contributed by atoms with Crippen LogP contribution in [0.4, 0.5) is 0 Å². The molecule has 4 nitrogen and oxygen atoms in total. The Bertz CT molecular complexity index is 426. The van der Waals surface area contributed by atoms with E-state index in [-0.39, 0.29) is 5.97 Å². The lowest BCUT2D eigenvalue weighted by Crippen LogP contribution is -2.32. The molecule has 0 spiro atoms. The largest absolute Gasteiger partial charge is 0.494 e. The van der Waals surface area contributed by atoms with Crippen molar-refractivity contribution in [2.45, 2.75) is 32.7 Å². The van der Waals surface area contributed by atoms with E-state index in [0.717, 1.165) is 23.7 Å². The first-order chi connectivity index (χ1) is 10.1. The molecule has 0 bridgehead atoms. The van der Waals surface area contributed by atoms with E-state index in [4.69, 9.17) is 15.2 Å². The van der Waals surface area contributed by atoms with Gasteiger partial charge in [-0.2, -0.15) is 11.8 Å². The van der Waals surface area contributed by atoms with E-state index in [2.05, 4.69) is 13.0 Å². The Labute approximate surface area is 131 Å². The first-order valence-electron chi connectivity index (χ1n) is 7.33. The summed E-state index contributed by atoms with van der Waals surface area (Å²) in [4.78, 5) is 11.3. The Kier molecular flexibility index (Phi) is 8.94. The van der Waals surface area contributed by atoms with Gasteiger partial charge in [0.1, 0.15) is 11.8 Å². The van der Waals surface area contributed by atoms with Gasteiger partial charge in [0, 0.05) is 0 Å². The maximum Gasteiger partial charge on any atom is 0.322 e. The van der Waals surface area contributed by atoms with Crippen molar-refractivity contribution in [3.8, 4) is 5.75 Å². The lowest BCUT2D eigenvalue weighted by atomic mass is 10.2. The van der Waals surface area contributed by atoms with Crippen LogP contribution in [0, 0.1) is 6.92 Å². The van der Waals surface area contributed by atoms with Crippen molar-refractivity contribution in [1.82, 2.24) is 0 Å². The highest BCUT2D eigenvalue weighted by Crippen LogP contribution is 2.13. The van der Waals surface area contributed by atoms with Crippen LogP contribution >= 0.6 is 11.8 Å². The third-order valence-corrected chi connectivity index (χ3v) is 3.96. The zero-order valence-corrected chi connectivity index (χ0v) is 13.7. The van der Waals surface area contributed by atoms with Crippen molar-refractivity contribution in [3.63, 3.8) is 0 Å². The summed E-state index contributed by atoms with van der Waals surface area (Å²) in [5, 5.41) is 0. The van der Waals surface area contributed by atoms with Gasteiger partial charge in [-0.25, -0.2) is 0 Å². The van der Waals surface area contributed by atoms with Crippen LogP contribution in [0.2, 0.25) is 0 Å². The number of nitrogens with two attached hydrogens (primary N) is 1. The van der Waals surface area contributed by atoms with Gasteiger partial charge in [0.05, 0.1) is 13.2 Å². The summed E-state index contributed by atoms with van der Waals surface area (Å²) in [7, 11) is 0. The maximum absolute atomic E-state index is 11.3. The first kappa shape index (κ1) is 17.9. The van der Waals surface area contributed by atoms with Gasteiger partial charge in [0.25, 0.3) is 0 Å². The highest BCUT2D eigenvalue weighted by molar-refractivity contribution is 7.99. The molecule has 0 fully saturated rings. The minimum Gasteiger partial charge on any atom is -0.494 e. The summed E-state index contributed by atoms with van der Waals surface area (Å²) in [6.45, 7) is 4.93. The van der Waals surface area contributed by atoms with E-state index in [0.29, 0.717) is 19.6 Å². The smallest absolute Gasteiger partial charge is 0.322 e. The monoisotopic (exact) mass is 311 g/mol. The Morgan fingerprint density at radius 3 is 2.90 bits per heavy atom. The van der Waals surface area contributed by atoms with Crippen LogP contribution in [0.1, 0.15) is 25.3 Å². The number of hydrogen-bond acceptors (Lipinski definition) is 5. The maximum atomic E-state index is 11.3. The second-order valence-corrected chi connectivity index (χ2v) is 6.00. The molecule has 1 aromatic carbocycles. The fourth-order valence-corrected chi connectivity index (χ4v) is 2.68. The molecule has 0 amide bonds.